The number of carbonyl (C=O) groups excluding carboxylic acids is 1. The Morgan fingerprint density at radius 1 is 1.41 bits per heavy atom. The molecule has 0 fully saturated rings. The summed E-state index contributed by atoms with van der Waals surface area (Å²) in [5, 5.41) is 7.73. The molecular weight excluding hydrogens is 284 g/mol. The molecule has 1 aliphatic heterocycles. The smallest absolute Gasteiger partial charge is 0.410 e. The van der Waals surface area contributed by atoms with Gasteiger partial charge in [0, 0.05) is 6.54 Å². The lowest BCUT2D eigenvalue weighted by atomic mass is 10.1. The van der Waals surface area contributed by atoms with E-state index in [1.54, 1.807) is 4.90 Å². The molecule has 0 radical (unpaired) electrons. The highest BCUT2D eigenvalue weighted by atomic mass is 16.6. The first-order valence-electron chi connectivity index (χ1n) is 6.97. The lowest BCUT2D eigenvalue weighted by Crippen LogP contribution is -2.35. The zero-order valence-corrected chi connectivity index (χ0v) is 12.8. The molecule has 0 bridgehead atoms. The Kier molecular flexibility index (Phi) is 3.23. The molecular formula is C14H18N6O2. The highest BCUT2D eigenvalue weighted by Gasteiger charge is 2.27. The summed E-state index contributed by atoms with van der Waals surface area (Å²) in [6.07, 6.45) is 2.98. The predicted molar refractivity (Wildman–Crippen MR) is 81.9 cm³/mol. The van der Waals surface area contributed by atoms with Crippen LogP contribution in [0.5, 0.6) is 0 Å². The second kappa shape index (κ2) is 4.97. The first-order valence-corrected chi connectivity index (χ1v) is 6.97. The number of fused-ring (bicyclic) bond motifs is 1. The summed E-state index contributed by atoms with van der Waals surface area (Å²) in [7, 11) is 0. The standard InChI is InChI=1S/C14H18N6O2/c1-14(2,3)22-13(21)20-5-4-8(6-20)10-9-11(15)16-7-17-12(9)19-18-10/h4,7H,5-6H2,1-3H3,(H3,15,16,17,18,19). The van der Waals surface area contributed by atoms with Crippen LogP contribution in [0.1, 0.15) is 26.5 Å². The van der Waals surface area contributed by atoms with E-state index in [1.165, 1.54) is 6.33 Å². The molecule has 3 N–H and O–H groups in total. The van der Waals surface area contributed by atoms with Crippen LogP contribution in [0.25, 0.3) is 16.6 Å². The zero-order valence-electron chi connectivity index (χ0n) is 12.8. The Bertz CT molecular complexity index is 758. The van der Waals surface area contributed by atoms with Crippen LogP contribution >= 0.6 is 0 Å². The molecule has 3 heterocycles. The van der Waals surface area contributed by atoms with Gasteiger partial charge in [0.2, 0.25) is 0 Å². The molecule has 8 nitrogen and oxygen atoms in total. The molecule has 0 saturated carbocycles. The molecule has 116 valence electrons. The van der Waals surface area contributed by atoms with Gasteiger partial charge in [-0.15, -0.1) is 0 Å². The molecule has 0 spiro atoms. The van der Waals surface area contributed by atoms with Crippen LogP contribution in [0, 0.1) is 0 Å². The van der Waals surface area contributed by atoms with Crippen LogP contribution in [-0.4, -0.2) is 49.8 Å². The highest BCUT2D eigenvalue weighted by Crippen LogP contribution is 2.28. The van der Waals surface area contributed by atoms with E-state index in [0.717, 1.165) is 11.3 Å². The normalized spacial score (nSPS) is 15.2. The van der Waals surface area contributed by atoms with Crippen molar-refractivity contribution in [2.75, 3.05) is 18.8 Å². The van der Waals surface area contributed by atoms with Crippen molar-refractivity contribution in [3.8, 4) is 0 Å². The number of aromatic nitrogens is 4. The molecule has 22 heavy (non-hydrogen) atoms. The average Bonchev–Trinajstić information content (AvgIpc) is 3.03. The third kappa shape index (κ3) is 2.59. The van der Waals surface area contributed by atoms with Crippen molar-refractivity contribution in [3.63, 3.8) is 0 Å². The monoisotopic (exact) mass is 302 g/mol. The van der Waals surface area contributed by atoms with E-state index in [1.807, 2.05) is 26.8 Å². The van der Waals surface area contributed by atoms with Gasteiger partial charge in [0.1, 0.15) is 17.7 Å². The summed E-state index contributed by atoms with van der Waals surface area (Å²) in [5.74, 6) is 0.366. The summed E-state index contributed by atoms with van der Waals surface area (Å²) >= 11 is 0. The number of hydrogen-bond acceptors (Lipinski definition) is 6. The van der Waals surface area contributed by atoms with Gasteiger partial charge < -0.3 is 15.4 Å². The molecule has 0 aliphatic carbocycles. The molecule has 1 amide bonds. The lowest BCUT2D eigenvalue weighted by Gasteiger charge is -2.24. The van der Waals surface area contributed by atoms with Crippen molar-refractivity contribution in [2.24, 2.45) is 0 Å². The van der Waals surface area contributed by atoms with Gasteiger partial charge in [-0.2, -0.15) is 5.10 Å². The number of rotatable bonds is 1. The number of nitrogens with zero attached hydrogens (tertiary/aromatic N) is 4. The van der Waals surface area contributed by atoms with E-state index in [0.29, 0.717) is 29.9 Å². The number of nitrogens with two attached hydrogens (primary N) is 1. The minimum absolute atomic E-state index is 0.341. The third-order valence-electron chi connectivity index (χ3n) is 3.27. The number of nitrogen functional groups attached to an aromatic ring is 1. The summed E-state index contributed by atoms with van der Waals surface area (Å²) in [4.78, 5) is 21.8. The molecule has 3 rings (SSSR count). The molecule has 2 aromatic heterocycles. The number of H-pyrrole nitrogens is 1. The number of carbonyl (C=O) groups is 1. The lowest BCUT2D eigenvalue weighted by molar-refractivity contribution is 0.0306. The molecule has 0 aromatic carbocycles. The molecule has 0 saturated heterocycles. The van der Waals surface area contributed by atoms with Crippen molar-refractivity contribution in [3.05, 3.63) is 18.1 Å². The molecule has 0 unspecified atom stereocenters. The Labute approximate surface area is 127 Å². The summed E-state index contributed by atoms with van der Waals surface area (Å²) in [6.45, 7) is 6.44. The second-order valence-electron chi connectivity index (χ2n) is 6.15. The number of amides is 1. The fraction of sp³-hybridized carbons (Fsp3) is 0.429. The fourth-order valence-electron chi connectivity index (χ4n) is 2.31. The fourth-order valence-corrected chi connectivity index (χ4v) is 2.31. The van der Waals surface area contributed by atoms with E-state index in [2.05, 4.69) is 20.2 Å². The minimum atomic E-state index is -0.515. The second-order valence-corrected chi connectivity index (χ2v) is 6.15. The van der Waals surface area contributed by atoms with Crippen molar-refractivity contribution in [1.29, 1.82) is 0 Å². The zero-order chi connectivity index (χ0) is 15.9. The average molecular weight is 302 g/mol. The maximum Gasteiger partial charge on any atom is 0.410 e. The Hall–Kier alpha value is -2.64. The topological polar surface area (TPSA) is 110 Å². The van der Waals surface area contributed by atoms with Gasteiger partial charge in [0.15, 0.2) is 5.65 Å². The van der Waals surface area contributed by atoms with E-state index in [4.69, 9.17) is 10.5 Å². The number of hydrogen-bond donors (Lipinski definition) is 2. The highest BCUT2D eigenvalue weighted by molar-refractivity contribution is 5.96. The first-order chi connectivity index (χ1) is 10.3. The van der Waals surface area contributed by atoms with Crippen molar-refractivity contribution in [2.45, 2.75) is 26.4 Å². The summed E-state index contributed by atoms with van der Waals surface area (Å²) in [5.41, 5.74) is 7.58. The van der Waals surface area contributed by atoms with Gasteiger partial charge in [-0.25, -0.2) is 14.8 Å². The van der Waals surface area contributed by atoms with Gasteiger partial charge in [-0.05, 0) is 26.3 Å². The van der Waals surface area contributed by atoms with Crippen LogP contribution in [-0.2, 0) is 4.74 Å². The molecule has 1 aliphatic rings. The Morgan fingerprint density at radius 2 is 2.18 bits per heavy atom. The maximum absolute atomic E-state index is 12.1. The van der Waals surface area contributed by atoms with Gasteiger partial charge in [0.05, 0.1) is 17.6 Å². The predicted octanol–water partition coefficient (Wildman–Crippen LogP) is 1.57. The van der Waals surface area contributed by atoms with Crippen LogP contribution in [0.3, 0.4) is 0 Å². The third-order valence-corrected chi connectivity index (χ3v) is 3.27. The van der Waals surface area contributed by atoms with E-state index >= 15 is 0 Å². The first kappa shape index (κ1) is 14.3. The van der Waals surface area contributed by atoms with Crippen molar-refractivity contribution < 1.29 is 9.53 Å². The Balaban J connectivity index is 1.81. The van der Waals surface area contributed by atoms with Gasteiger partial charge in [-0.3, -0.25) is 5.10 Å². The minimum Gasteiger partial charge on any atom is -0.444 e. The SMILES string of the molecule is CC(C)(C)OC(=O)N1CC=C(c2[nH]nc3ncnc(N)c23)C1. The van der Waals surface area contributed by atoms with Gasteiger partial charge in [-0.1, -0.05) is 6.08 Å². The molecule has 0 atom stereocenters. The number of anilines is 1. The van der Waals surface area contributed by atoms with Crippen LogP contribution < -0.4 is 5.73 Å². The van der Waals surface area contributed by atoms with Crippen LogP contribution in [0.2, 0.25) is 0 Å². The number of aromatic amines is 1. The van der Waals surface area contributed by atoms with E-state index in [9.17, 15) is 4.79 Å². The van der Waals surface area contributed by atoms with Crippen LogP contribution in [0.4, 0.5) is 10.6 Å². The van der Waals surface area contributed by atoms with E-state index in [-0.39, 0.29) is 6.09 Å². The van der Waals surface area contributed by atoms with Crippen LogP contribution in [0.15, 0.2) is 12.4 Å². The molecule has 8 heteroatoms. The van der Waals surface area contributed by atoms with Crippen molar-refractivity contribution in [1.82, 2.24) is 25.1 Å². The number of ether oxygens (including phenoxy) is 1. The van der Waals surface area contributed by atoms with E-state index < -0.39 is 5.60 Å². The van der Waals surface area contributed by atoms with Crippen molar-refractivity contribution >= 4 is 28.5 Å². The summed E-state index contributed by atoms with van der Waals surface area (Å²) < 4.78 is 5.38. The largest absolute Gasteiger partial charge is 0.444 e. The molecule has 2 aromatic rings. The van der Waals surface area contributed by atoms with Gasteiger partial charge in [0.25, 0.3) is 0 Å². The summed E-state index contributed by atoms with van der Waals surface area (Å²) in [6, 6.07) is 0. The quantitative estimate of drug-likeness (QED) is 0.827. The maximum atomic E-state index is 12.1. The number of nitrogens with one attached hydrogen (secondary N) is 1. The Morgan fingerprint density at radius 3 is 2.91 bits per heavy atom. The van der Waals surface area contributed by atoms with Gasteiger partial charge >= 0.3 is 6.09 Å².